The van der Waals surface area contributed by atoms with Crippen LogP contribution in [0, 0.1) is 5.92 Å². The molecular formula is C26H19Cl2N3O2S. The summed E-state index contributed by atoms with van der Waals surface area (Å²) in [6.45, 7) is 0.336. The minimum atomic E-state index is -0.428. The van der Waals surface area contributed by atoms with Crippen molar-refractivity contribution in [3.8, 4) is 21.8 Å². The first kappa shape index (κ1) is 22.6. The van der Waals surface area contributed by atoms with E-state index in [1.54, 1.807) is 40.5 Å². The third-order valence-electron chi connectivity index (χ3n) is 5.66. The van der Waals surface area contributed by atoms with Crippen molar-refractivity contribution in [1.82, 2.24) is 4.98 Å². The summed E-state index contributed by atoms with van der Waals surface area (Å²) in [4.78, 5) is 31.8. The van der Waals surface area contributed by atoms with Crippen LogP contribution in [0.3, 0.4) is 0 Å². The number of carbonyl (C=O) groups is 2. The van der Waals surface area contributed by atoms with Gasteiger partial charge in [-0.3, -0.25) is 9.59 Å². The molecule has 34 heavy (non-hydrogen) atoms. The first-order valence-corrected chi connectivity index (χ1v) is 12.3. The highest BCUT2D eigenvalue weighted by Crippen LogP contribution is 2.31. The lowest BCUT2D eigenvalue weighted by atomic mass is 10.1. The molecule has 4 aromatic rings. The second-order valence-electron chi connectivity index (χ2n) is 8.00. The minimum Gasteiger partial charge on any atom is -0.326 e. The molecule has 1 aliphatic rings. The lowest BCUT2D eigenvalue weighted by molar-refractivity contribution is -0.122. The molecule has 2 amide bonds. The molecule has 0 saturated carbocycles. The highest BCUT2D eigenvalue weighted by Gasteiger charge is 2.35. The van der Waals surface area contributed by atoms with Gasteiger partial charge in [-0.15, -0.1) is 11.3 Å². The summed E-state index contributed by atoms with van der Waals surface area (Å²) in [6, 6.07) is 22.2. The minimum absolute atomic E-state index is 0.0755. The Morgan fingerprint density at radius 3 is 2.41 bits per heavy atom. The van der Waals surface area contributed by atoms with E-state index in [4.69, 9.17) is 28.2 Å². The van der Waals surface area contributed by atoms with Gasteiger partial charge in [-0.2, -0.15) is 0 Å². The predicted molar refractivity (Wildman–Crippen MR) is 139 cm³/mol. The van der Waals surface area contributed by atoms with Gasteiger partial charge in [-0.05, 0) is 48.5 Å². The summed E-state index contributed by atoms with van der Waals surface area (Å²) in [6.07, 6.45) is 0.171. The van der Waals surface area contributed by atoms with E-state index in [1.807, 2.05) is 53.9 Å². The third kappa shape index (κ3) is 4.85. The van der Waals surface area contributed by atoms with E-state index in [2.05, 4.69) is 5.32 Å². The average Bonchev–Trinajstić information content (AvgIpc) is 3.48. The average molecular weight is 508 g/mol. The van der Waals surface area contributed by atoms with Crippen LogP contribution in [0.25, 0.3) is 21.8 Å². The Kier molecular flexibility index (Phi) is 6.37. The number of hydrogen-bond donors (Lipinski definition) is 1. The van der Waals surface area contributed by atoms with Gasteiger partial charge in [-0.1, -0.05) is 47.5 Å². The lowest BCUT2D eigenvalue weighted by Crippen LogP contribution is -2.28. The van der Waals surface area contributed by atoms with Crippen LogP contribution in [-0.2, 0) is 9.59 Å². The van der Waals surface area contributed by atoms with Crippen LogP contribution in [0.5, 0.6) is 0 Å². The Bertz CT molecular complexity index is 1350. The molecule has 2 heterocycles. The number of halogens is 2. The van der Waals surface area contributed by atoms with Gasteiger partial charge in [0.05, 0.1) is 11.6 Å². The highest BCUT2D eigenvalue weighted by molar-refractivity contribution is 7.13. The molecule has 8 heteroatoms. The number of amides is 2. The highest BCUT2D eigenvalue weighted by atomic mass is 35.5. The van der Waals surface area contributed by atoms with E-state index in [0.29, 0.717) is 22.3 Å². The maximum Gasteiger partial charge on any atom is 0.229 e. The molecule has 3 aromatic carbocycles. The Morgan fingerprint density at radius 2 is 1.68 bits per heavy atom. The number of hydrogen-bond acceptors (Lipinski definition) is 4. The number of thiazole rings is 1. The largest absolute Gasteiger partial charge is 0.326 e. The monoisotopic (exact) mass is 507 g/mol. The van der Waals surface area contributed by atoms with Crippen LogP contribution in [-0.4, -0.2) is 23.3 Å². The van der Waals surface area contributed by atoms with Crippen LogP contribution in [0.1, 0.15) is 6.42 Å². The maximum absolute atomic E-state index is 12.9. The quantitative estimate of drug-likeness (QED) is 0.324. The summed E-state index contributed by atoms with van der Waals surface area (Å²) >= 11 is 13.5. The number of rotatable bonds is 5. The van der Waals surface area contributed by atoms with Gasteiger partial charge in [-0.25, -0.2) is 4.98 Å². The maximum atomic E-state index is 12.9. The Morgan fingerprint density at radius 1 is 0.971 bits per heavy atom. The molecule has 1 atom stereocenters. The van der Waals surface area contributed by atoms with Crippen molar-refractivity contribution in [1.29, 1.82) is 0 Å². The van der Waals surface area contributed by atoms with Gasteiger partial charge in [0.15, 0.2) is 0 Å². The van der Waals surface area contributed by atoms with E-state index in [0.717, 1.165) is 27.5 Å². The van der Waals surface area contributed by atoms with Crippen LogP contribution in [0.2, 0.25) is 10.0 Å². The normalized spacial score (nSPS) is 15.5. The number of anilines is 2. The molecule has 1 fully saturated rings. The fourth-order valence-electron chi connectivity index (χ4n) is 3.89. The number of benzene rings is 3. The van der Waals surface area contributed by atoms with Crippen LogP contribution in [0.15, 0.2) is 78.2 Å². The molecule has 1 aliphatic heterocycles. The molecule has 1 N–H and O–H groups in total. The second-order valence-corrected chi connectivity index (χ2v) is 9.73. The Balaban J connectivity index is 1.28. The Labute approximate surface area is 211 Å². The van der Waals surface area contributed by atoms with Gasteiger partial charge in [0.2, 0.25) is 11.8 Å². The molecule has 1 saturated heterocycles. The van der Waals surface area contributed by atoms with E-state index in [1.165, 1.54) is 0 Å². The van der Waals surface area contributed by atoms with Crippen molar-refractivity contribution in [3.63, 3.8) is 0 Å². The number of nitrogens with zero attached hydrogens (tertiary/aromatic N) is 2. The van der Waals surface area contributed by atoms with Crippen molar-refractivity contribution in [2.75, 3.05) is 16.8 Å². The fourth-order valence-corrected chi connectivity index (χ4v) is 4.97. The molecule has 0 radical (unpaired) electrons. The third-order valence-corrected chi connectivity index (χ3v) is 7.05. The van der Waals surface area contributed by atoms with Crippen molar-refractivity contribution >= 4 is 57.7 Å². The molecule has 5 nitrogen and oxygen atoms in total. The van der Waals surface area contributed by atoms with Crippen LogP contribution >= 0.6 is 34.5 Å². The topological polar surface area (TPSA) is 62.3 Å². The molecule has 0 aliphatic carbocycles. The molecule has 0 bridgehead atoms. The first-order chi connectivity index (χ1) is 16.5. The van der Waals surface area contributed by atoms with Crippen molar-refractivity contribution in [2.45, 2.75) is 6.42 Å². The van der Waals surface area contributed by atoms with E-state index >= 15 is 0 Å². The number of aromatic nitrogens is 1. The number of carbonyl (C=O) groups excluding carboxylic acids is 2. The van der Waals surface area contributed by atoms with Crippen molar-refractivity contribution in [3.05, 3.63) is 88.2 Å². The lowest BCUT2D eigenvalue weighted by Gasteiger charge is -2.17. The Hall–Kier alpha value is -3.19. The summed E-state index contributed by atoms with van der Waals surface area (Å²) in [5, 5.41) is 7.14. The van der Waals surface area contributed by atoms with Crippen LogP contribution < -0.4 is 10.2 Å². The van der Waals surface area contributed by atoms with Gasteiger partial charge in [0.25, 0.3) is 0 Å². The zero-order valence-electron chi connectivity index (χ0n) is 17.9. The van der Waals surface area contributed by atoms with Gasteiger partial charge in [0, 0.05) is 50.9 Å². The summed E-state index contributed by atoms with van der Waals surface area (Å²) in [5.41, 5.74) is 4.14. The SMILES string of the molecule is O=C(Nc1cccc(-c2csc(-c3ccc(Cl)cc3)n2)c1)C1CC(=O)N(c2ccc(Cl)cc2)C1. The fraction of sp³-hybridized carbons (Fsp3) is 0.115. The van der Waals surface area contributed by atoms with E-state index in [-0.39, 0.29) is 18.2 Å². The van der Waals surface area contributed by atoms with E-state index < -0.39 is 5.92 Å². The summed E-state index contributed by atoms with van der Waals surface area (Å²) in [5.74, 6) is -0.682. The zero-order valence-corrected chi connectivity index (χ0v) is 20.2. The molecule has 170 valence electrons. The van der Waals surface area contributed by atoms with Crippen molar-refractivity contribution in [2.24, 2.45) is 5.92 Å². The van der Waals surface area contributed by atoms with Gasteiger partial charge < -0.3 is 10.2 Å². The molecule has 1 unspecified atom stereocenters. The van der Waals surface area contributed by atoms with Gasteiger partial charge >= 0.3 is 0 Å². The summed E-state index contributed by atoms with van der Waals surface area (Å²) < 4.78 is 0. The van der Waals surface area contributed by atoms with Gasteiger partial charge in [0.1, 0.15) is 5.01 Å². The smallest absolute Gasteiger partial charge is 0.229 e. The molecular weight excluding hydrogens is 489 g/mol. The molecule has 0 spiro atoms. The standard InChI is InChI=1S/C26H19Cl2N3O2S/c27-19-6-4-16(5-7-19)26-30-23(15-34-26)17-2-1-3-21(12-17)29-25(33)18-13-24(32)31(14-18)22-10-8-20(28)9-11-22/h1-12,15,18H,13-14H2,(H,29,33). The molecule has 5 rings (SSSR count). The van der Waals surface area contributed by atoms with E-state index in [9.17, 15) is 9.59 Å². The summed E-state index contributed by atoms with van der Waals surface area (Å²) in [7, 11) is 0. The first-order valence-electron chi connectivity index (χ1n) is 10.6. The molecule has 1 aromatic heterocycles. The predicted octanol–water partition coefficient (Wildman–Crippen LogP) is 6.78. The number of nitrogens with one attached hydrogen (secondary N) is 1. The van der Waals surface area contributed by atoms with Crippen LogP contribution in [0.4, 0.5) is 11.4 Å². The van der Waals surface area contributed by atoms with Crippen molar-refractivity contribution < 1.29 is 9.59 Å². The second kappa shape index (κ2) is 9.58. The zero-order chi connectivity index (χ0) is 23.7.